The van der Waals surface area contributed by atoms with Crippen molar-refractivity contribution in [1.82, 2.24) is 9.88 Å². The van der Waals surface area contributed by atoms with E-state index in [0.29, 0.717) is 17.1 Å². The van der Waals surface area contributed by atoms with E-state index >= 15 is 0 Å². The number of allylic oxidation sites excluding steroid dienone is 2. The number of para-hydroxylation sites is 1. The minimum absolute atomic E-state index is 0.206. The number of benzene rings is 2. The summed E-state index contributed by atoms with van der Waals surface area (Å²) in [5.74, 6) is 0.413. The number of rotatable bonds is 6. The molecule has 0 fully saturated rings. The van der Waals surface area contributed by atoms with Gasteiger partial charge in [-0.15, -0.1) is 0 Å². The van der Waals surface area contributed by atoms with Crippen LogP contribution in [0.2, 0.25) is 0 Å². The second-order valence-electron chi connectivity index (χ2n) is 6.79. The van der Waals surface area contributed by atoms with Crippen LogP contribution in [-0.2, 0) is 4.79 Å². The molecule has 3 rings (SSSR count). The quantitative estimate of drug-likeness (QED) is 0.568. The van der Waals surface area contributed by atoms with Gasteiger partial charge in [-0.1, -0.05) is 55.6 Å². The molecule has 1 unspecified atom stereocenters. The van der Waals surface area contributed by atoms with Gasteiger partial charge in [0.05, 0.1) is 11.2 Å². The maximum absolute atomic E-state index is 12.9. The predicted octanol–water partition coefficient (Wildman–Crippen LogP) is 5.56. The van der Waals surface area contributed by atoms with Gasteiger partial charge in [0.2, 0.25) is 0 Å². The molecule has 0 radical (unpaired) electrons. The largest absolute Gasteiger partial charge is 0.480 e. The van der Waals surface area contributed by atoms with E-state index in [4.69, 9.17) is 9.72 Å². The van der Waals surface area contributed by atoms with Crippen molar-refractivity contribution in [2.24, 2.45) is 0 Å². The van der Waals surface area contributed by atoms with Crippen molar-refractivity contribution in [2.45, 2.75) is 26.9 Å². The third-order valence-electron chi connectivity index (χ3n) is 4.38. The van der Waals surface area contributed by atoms with E-state index in [1.165, 1.54) is 4.90 Å². The molecule has 0 aliphatic heterocycles. The lowest BCUT2D eigenvalue weighted by atomic mass is 10.1. The van der Waals surface area contributed by atoms with Crippen LogP contribution in [0.5, 0.6) is 5.75 Å². The fourth-order valence-electron chi connectivity index (χ4n) is 3.12. The summed E-state index contributed by atoms with van der Waals surface area (Å²) in [6, 6.07) is 19.5. The topological polar surface area (TPSA) is 42.4 Å². The number of nitrogens with zero attached hydrogens (tertiary/aromatic N) is 2. The Morgan fingerprint density at radius 3 is 2.25 bits per heavy atom. The molecule has 0 bridgehead atoms. The molecule has 4 nitrogen and oxygen atoms in total. The van der Waals surface area contributed by atoms with Crippen molar-refractivity contribution in [2.75, 3.05) is 0 Å². The van der Waals surface area contributed by atoms with Gasteiger partial charge in [-0.2, -0.15) is 0 Å². The molecule has 1 amide bonds. The summed E-state index contributed by atoms with van der Waals surface area (Å²) in [6.45, 7) is 13.0. The number of amides is 1. The van der Waals surface area contributed by atoms with Crippen LogP contribution in [0.1, 0.15) is 20.8 Å². The zero-order valence-electron chi connectivity index (χ0n) is 16.5. The maximum atomic E-state index is 12.9. The molecule has 1 aromatic heterocycles. The lowest BCUT2D eigenvalue weighted by molar-refractivity contribution is -0.134. The average Bonchev–Trinajstić information content (AvgIpc) is 2.68. The molecule has 0 aliphatic carbocycles. The van der Waals surface area contributed by atoms with Crippen molar-refractivity contribution in [1.29, 1.82) is 0 Å². The first kappa shape index (κ1) is 19.4. The van der Waals surface area contributed by atoms with Crippen LogP contribution in [-0.4, -0.2) is 21.9 Å². The van der Waals surface area contributed by atoms with E-state index in [2.05, 4.69) is 13.2 Å². The van der Waals surface area contributed by atoms with Crippen LogP contribution in [0, 0.1) is 0 Å². The first-order valence-corrected chi connectivity index (χ1v) is 9.15. The first-order chi connectivity index (χ1) is 13.4. The number of ether oxygens (including phenoxy) is 1. The Bertz CT molecular complexity index is 1030. The Balaban J connectivity index is 2.01. The lowest BCUT2D eigenvalue weighted by Crippen LogP contribution is -2.37. The highest BCUT2D eigenvalue weighted by molar-refractivity contribution is 5.89. The Hall–Kier alpha value is -3.40. The summed E-state index contributed by atoms with van der Waals surface area (Å²) in [7, 11) is 0. The number of hydrogen-bond acceptors (Lipinski definition) is 3. The van der Waals surface area contributed by atoms with Crippen molar-refractivity contribution in [3.8, 4) is 17.0 Å². The Morgan fingerprint density at radius 1 is 1.00 bits per heavy atom. The van der Waals surface area contributed by atoms with Gasteiger partial charge in [-0.3, -0.25) is 9.69 Å². The molecular formula is C24H24N2O2. The van der Waals surface area contributed by atoms with Crippen LogP contribution in [0.15, 0.2) is 85.2 Å². The van der Waals surface area contributed by atoms with Gasteiger partial charge >= 0.3 is 0 Å². The maximum Gasteiger partial charge on any atom is 0.271 e. The fourth-order valence-corrected chi connectivity index (χ4v) is 3.12. The number of fused-ring (bicyclic) bond motifs is 1. The average molecular weight is 372 g/mol. The van der Waals surface area contributed by atoms with Gasteiger partial charge in [-0.05, 0) is 32.9 Å². The zero-order chi connectivity index (χ0) is 20.3. The van der Waals surface area contributed by atoms with Crippen LogP contribution >= 0.6 is 0 Å². The normalized spacial score (nSPS) is 11.7. The Morgan fingerprint density at radius 2 is 1.61 bits per heavy atom. The van der Waals surface area contributed by atoms with E-state index in [1.807, 2.05) is 60.7 Å². The second kappa shape index (κ2) is 8.09. The summed E-state index contributed by atoms with van der Waals surface area (Å²) in [4.78, 5) is 19.1. The molecule has 28 heavy (non-hydrogen) atoms. The highest BCUT2D eigenvalue weighted by atomic mass is 16.5. The summed E-state index contributed by atoms with van der Waals surface area (Å²) in [5, 5.41) is 0.860. The van der Waals surface area contributed by atoms with Gasteiger partial charge < -0.3 is 4.74 Å². The summed E-state index contributed by atoms with van der Waals surface area (Å²) in [6.07, 6.45) is -0.706. The third-order valence-corrected chi connectivity index (χ3v) is 4.38. The van der Waals surface area contributed by atoms with Crippen LogP contribution < -0.4 is 4.74 Å². The second-order valence-corrected chi connectivity index (χ2v) is 6.79. The highest BCUT2D eigenvalue weighted by Crippen LogP contribution is 2.31. The molecule has 1 atom stereocenters. The molecule has 3 aromatic rings. The number of aromatic nitrogens is 1. The monoisotopic (exact) mass is 372 g/mol. The summed E-state index contributed by atoms with van der Waals surface area (Å²) >= 11 is 0. The van der Waals surface area contributed by atoms with E-state index in [9.17, 15) is 4.79 Å². The summed E-state index contributed by atoms with van der Waals surface area (Å²) in [5.41, 5.74) is 3.82. The molecule has 2 aromatic carbocycles. The minimum Gasteiger partial charge on any atom is -0.480 e. The number of pyridine rings is 1. The first-order valence-electron chi connectivity index (χ1n) is 9.15. The lowest BCUT2D eigenvalue weighted by Gasteiger charge is -2.26. The molecule has 0 saturated carbocycles. The molecule has 1 heterocycles. The zero-order valence-corrected chi connectivity index (χ0v) is 16.5. The molecule has 142 valence electrons. The van der Waals surface area contributed by atoms with Crippen molar-refractivity contribution in [3.63, 3.8) is 0 Å². The van der Waals surface area contributed by atoms with Crippen molar-refractivity contribution >= 4 is 16.8 Å². The van der Waals surface area contributed by atoms with Crippen LogP contribution in [0.25, 0.3) is 22.2 Å². The van der Waals surface area contributed by atoms with Crippen molar-refractivity contribution < 1.29 is 9.53 Å². The molecule has 0 spiro atoms. The molecular weight excluding hydrogens is 348 g/mol. The molecule has 0 N–H and O–H groups in total. The molecule has 0 aliphatic rings. The van der Waals surface area contributed by atoms with Crippen LogP contribution in [0.4, 0.5) is 0 Å². The minimum atomic E-state index is -0.706. The Kier molecular flexibility index (Phi) is 5.59. The third kappa shape index (κ3) is 3.96. The number of carbonyl (C=O) groups is 1. The van der Waals surface area contributed by atoms with Gasteiger partial charge in [0.1, 0.15) is 5.75 Å². The molecule has 4 heteroatoms. The van der Waals surface area contributed by atoms with E-state index < -0.39 is 6.10 Å². The van der Waals surface area contributed by atoms with E-state index in [0.717, 1.165) is 22.2 Å². The summed E-state index contributed by atoms with van der Waals surface area (Å²) < 4.78 is 6.12. The Labute approximate surface area is 165 Å². The van der Waals surface area contributed by atoms with E-state index in [1.54, 1.807) is 20.8 Å². The highest BCUT2D eigenvalue weighted by Gasteiger charge is 2.24. The number of hydrogen-bond donors (Lipinski definition) is 0. The van der Waals surface area contributed by atoms with E-state index in [-0.39, 0.29) is 5.91 Å². The SMILES string of the molecule is C=C(C)N(C(=C)C)C(=O)C(C)Oc1cc(-c2ccccc2)nc2ccccc12. The fraction of sp³-hybridized carbons (Fsp3) is 0.167. The smallest absolute Gasteiger partial charge is 0.271 e. The van der Waals surface area contributed by atoms with Gasteiger partial charge in [-0.25, -0.2) is 4.98 Å². The van der Waals surface area contributed by atoms with Gasteiger partial charge in [0.25, 0.3) is 5.91 Å². The number of carbonyl (C=O) groups excluding carboxylic acids is 1. The van der Waals surface area contributed by atoms with Crippen molar-refractivity contribution in [3.05, 3.63) is 85.2 Å². The standard InChI is InChI=1S/C24H24N2O2/c1-16(2)26(17(3)4)24(27)18(5)28-23-15-22(19-11-7-6-8-12-19)25-21-14-10-9-13-20(21)23/h6-15,18H,1,3H2,2,4-5H3. The van der Waals surface area contributed by atoms with Gasteiger partial charge in [0, 0.05) is 28.4 Å². The van der Waals surface area contributed by atoms with Crippen LogP contribution in [0.3, 0.4) is 0 Å². The van der Waals surface area contributed by atoms with Gasteiger partial charge in [0.15, 0.2) is 6.10 Å². The predicted molar refractivity (Wildman–Crippen MR) is 114 cm³/mol. The molecule has 0 saturated heterocycles.